The molecule has 1 aromatic carbocycles. The lowest BCUT2D eigenvalue weighted by atomic mass is 10.1. The van der Waals surface area contributed by atoms with Crippen molar-refractivity contribution in [1.29, 1.82) is 0 Å². The molecule has 1 aromatic rings. The number of hydrogen-bond acceptors (Lipinski definition) is 3. The van der Waals surface area contributed by atoms with Crippen LogP contribution in [0.4, 0.5) is 0 Å². The van der Waals surface area contributed by atoms with Crippen LogP contribution < -0.4 is 10.1 Å². The number of rotatable bonds is 8. The Balaban J connectivity index is 1.46. The lowest BCUT2D eigenvalue weighted by Crippen LogP contribution is -2.35. The maximum atomic E-state index is 6.06. The van der Waals surface area contributed by atoms with Crippen molar-refractivity contribution in [3.05, 3.63) is 29.8 Å². The van der Waals surface area contributed by atoms with E-state index in [4.69, 9.17) is 4.74 Å². The lowest BCUT2D eigenvalue weighted by molar-refractivity contribution is 0.171. The fraction of sp³-hybridized carbons (Fsp3) is 0.667. The molecule has 0 aromatic heterocycles. The normalized spacial score (nSPS) is 24.6. The fourth-order valence-corrected chi connectivity index (χ4v) is 3.76. The molecule has 21 heavy (non-hydrogen) atoms. The van der Waals surface area contributed by atoms with Crippen LogP contribution in [0.3, 0.4) is 0 Å². The minimum Gasteiger partial charge on any atom is -0.492 e. The van der Waals surface area contributed by atoms with E-state index in [0.29, 0.717) is 0 Å². The van der Waals surface area contributed by atoms with Crippen LogP contribution in [-0.2, 0) is 6.54 Å². The maximum absolute atomic E-state index is 6.06. The van der Waals surface area contributed by atoms with Crippen LogP contribution in [0.5, 0.6) is 5.75 Å². The van der Waals surface area contributed by atoms with Crippen LogP contribution in [-0.4, -0.2) is 37.2 Å². The smallest absolute Gasteiger partial charge is 0.123 e. The fourth-order valence-electron chi connectivity index (χ4n) is 3.76. The van der Waals surface area contributed by atoms with Gasteiger partial charge in [-0.05, 0) is 44.2 Å². The molecule has 3 rings (SSSR count). The van der Waals surface area contributed by atoms with Gasteiger partial charge >= 0.3 is 0 Å². The van der Waals surface area contributed by atoms with Gasteiger partial charge in [-0.25, -0.2) is 0 Å². The van der Waals surface area contributed by atoms with Gasteiger partial charge in [-0.2, -0.15) is 0 Å². The number of fused-ring (bicyclic) bond motifs is 2. The molecule has 1 saturated heterocycles. The van der Waals surface area contributed by atoms with Crippen molar-refractivity contribution in [3.8, 4) is 5.75 Å². The Hall–Kier alpha value is -1.06. The molecule has 2 bridgehead atoms. The van der Waals surface area contributed by atoms with Crippen LogP contribution in [0.2, 0.25) is 0 Å². The number of nitrogens with one attached hydrogen (secondary N) is 1. The summed E-state index contributed by atoms with van der Waals surface area (Å²) >= 11 is 0. The van der Waals surface area contributed by atoms with Crippen molar-refractivity contribution < 1.29 is 4.74 Å². The first kappa shape index (κ1) is 14.9. The van der Waals surface area contributed by atoms with E-state index in [1.165, 1.54) is 37.8 Å². The predicted octanol–water partition coefficient (Wildman–Crippen LogP) is 3.05. The van der Waals surface area contributed by atoms with Gasteiger partial charge in [-0.1, -0.05) is 25.1 Å². The van der Waals surface area contributed by atoms with Crippen molar-refractivity contribution in [3.63, 3.8) is 0 Å². The number of likely N-dealkylation sites (tertiary alicyclic amines) is 1. The molecule has 2 fully saturated rings. The molecule has 2 atom stereocenters. The Labute approximate surface area is 128 Å². The summed E-state index contributed by atoms with van der Waals surface area (Å²) in [6.07, 6.45) is 5.45. The van der Waals surface area contributed by atoms with Gasteiger partial charge in [0.1, 0.15) is 12.4 Å². The van der Waals surface area contributed by atoms with Crippen molar-refractivity contribution in [1.82, 2.24) is 10.2 Å². The van der Waals surface area contributed by atoms with E-state index >= 15 is 0 Å². The zero-order valence-corrected chi connectivity index (χ0v) is 13.2. The summed E-state index contributed by atoms with van der Waals surface area (Å²) in [6.45, 7) is 7.35. The average molecular weight is 288 g/mol. The monoisotopic (exact) mass is 288 g/mol. The van der Waals surface area contributed by atoms with Crippen LogP contribution in [0.1, 0.15) is 38.2 Å². The molecule has 0 radical (unpaired) electrons. The zero-order valence-electron chi connectivity index (χ0n) is 13.2. The molecule has 1 N–H and O–H groups in total. The standard InChI is InChI=1S/C18H28N2O/c1-2-9-19-13-16-5-3-4-6-18(16)21-11-10-20-14-15-7-8-17(20)12-15/h3-6,15,17,19H,2,7-14H2,1H3. The number of para-hydroxylation sites is 1. The topological polar surface area (TPSA) is 24.5 Å². The van der Waals surface area contributed by atoms with E-state index in [1.54, 1.807) is 0 Å². The summed E-state index contributed by atoms with van der Waals surface area (Å²) in [7, 11) is 0. The summed E-state index contributed by atoms with van der Waals surface area (Å²) in [5.41, 5.74) is 1.27. The van der Waals surface area contributed by atoms with Gasteiger partial charge in [0.25, 0.3) is 0 Å². The van der Waals surface area contributed by atoms with Crippen LogP contribution in [0.15, 0.2) is 24.3 Å². The number of hydrogen-bond donors (Lipinski definition) is 1. The molecule has 1 saturated carbocycles. The first-order valence-electron chi connectivity index (χ1n) is 8.52. The summed E-state index contributed by atoms with van der Waals surface area (Å²) in [5.74, 6) is 2.02. The Morgan fingerprint density at radius 1 is 1.29 bits per heavy atom. The minimum absolute atomic E-state index is 0.814. The van der Waals surface area contributed by atoms with Crippen molar-refractivity contribution in [2.24, 2.45) is 5.92 Å². The Kier molecular flexibility index (Phi) is 5.15. The molecule has 1 heterocycles. The molecule has 0 spiro atoms. The Bertz CT molecular complexity index is 449. The Morgan fingerprint density at radius 3 is 2.95 bits per heavy atom. The SMILES string of the molecule is CCCNCc1ccccc1OCCN1CC2CCC1C2. The van der Waals surface area contributed by atoms with Crippen molar-refractivity contribution >= 4 is 0 Å². The summed E-state index contributed by atoms with van der Waals surface area (Å²) < 4.78 is 6.06. The van der Waals surface area contributed by atoms with E-state index in [1.807, 2.05) is 0 Å². The second-order valence-electron chi connectivity index (χ2n) is 6.46. The van der Waals surface area contributed by atoms with E-state index in [9.17, 15) is 0 Å². The second kappa shape index (κ2) is 7.28. The highest BCUT2D eigenvalue weighted by atomic mass is 16.5. The van der Waals surface area contributed by atoms with Gasteiger partial charge in [0, 0.05) is 31.2 Å². The van der Waals surface area contributed by atoms with Crippen molar-refractivity contribution in [2.75, 3.05) is 26.2 Å². The highest BCUT2D eigenvalue weighted by Gasteiger charge is 2.37. The van der Waals surface area contributed by atoms with Gasteiger partial charge in [0.15, 0.2) is 0 Å². The number of benzene rings is 1. The van der Waals surface area contributed by atoms with Crippen LogP contribution >= 0.6 is 0 Å². The molecule has 116 valence electrons. The molecule has 0 amide bonds. The number of nitrogens with zero attached hydrogens (tertiary/aromatic N) is 1. The first-order valence-corrected chi connectivity index (χ1v) is 8.52. The minimum atomic E-state index is 0.814. The first-order chi connectivity index (χ1) is 10.4. The summed E-state index contributed by atoms with van der Waals surface area (Å²) in [4.78, 5) is 2.63. The predicted molar refractivity (Wildman–Crippen MR) is 86.6 cm³/mol. The largest absolute Gasteiger partial charge is 0.492 e. The number of ether oxygens (including phenoxy) is 1. The van der Waals surface area contributed by atoms with Gasteiger partial charge in [-0.3, -0.25) is 4.90 Å². The maximum Gasteiger partial charge on any atom is 0.123 e. The third kappa shape index (κ3) is 3.78. The molecule has 1 aliphatic carbocycles. The van der Waals surface area contributed by atoms with Gasteiger partial charge in [0.2, 0.25) is 0 Å². The molecule has 3 heteroatoms. The number of piperidine rings is 1. The van der Waals surface area contributed by atoms with Crippen LogP contribution in [0.25, 0.3) is 0 Å². The summed E-state index contributed by atoms with van der Waals surface area (Å²) in [5, 5.41) is 3.45. The quantitative estimate of drug-likeness (QED) is 0.744. The van der Waals surface area contributed by atoms with E-state index in [0.717, 1.165) is 44.0 Å². The van der Waals surface area contributed by atoms with Crippen LogP contribution in [0, 0.1) is 5.92 Å². The van der Waals surface area contributed by atoms with Gasteiger partial charge < -0.3 is 10.1 Å². The Morgan fingerprint density at radius 2 is 2.19 bits per heavy atom. The molecule has 2 aliphatic rings. The van der Waals surface area contributed by atoms with Crippen molar-refractivity contribution in [2.45, 2.75) is 45.2 Å². The highest BCUT2D eigenvalue weighted by Crippen LogP contribution is 2.36. The van der Waals surface area contributed by atoms with E-state index in [2.05, 4.69) is 41.4 Å². The third-order valence-electron chi connectivity index (χ3n) is 4.87. The van der Waals surface area contributed by atoms with E-state index < -0.39 is 0 Å². The van der Waals surface area contributed by atoms with Gasteiger partial charge in [0.05, 0.1) is 0 Å². The highest BCUT2D eigenvalue weighted by molar-refractivity contribution is 5.33. The average Bonchev–Trinajstić information content (AvgIpc) is 3.12. The third-order valence-corrected chi connectivity index (χ3v) is 4.87. The zero-order chi connectivity index (χ0) is 14.5. The molecule has 3 nitrogen and oxygen atoms in total. The van der Waals surface area contributed by atoms with Gasteiger partial charge in [-0.15, -0.1) is 0 Å². The lowest BCUT2D eigenvalue weighted by Gasteiger charge is -2.26. The molecular formula is C18H28N2O. The molecule has 2 unspecified atom stereocenters. The molecule has 1 aliphatic heterocycles. The second-order valence-corrected chi connectivity index (χ2v) is 6.46. The summed E-state index contributed by atoms with van der Waals surface area (Å²) in [6, 6.07) is 9.26. The van der Waals surface area contributed by atoms with E-state index in [-0.39, 0.29) is 0 Å². The molecular weight excluding hydrogens is 260 g/mol.